The summed E-state index contributed by atoms with van der Waals surface area (Å²) in [6.45, 7) is 0.509. The molecule has 0 fully saturated rings. The molecule has 1 heterocycles. The van der Waals surface area contributed by atoms with Crippen LogP contribution in [0, 0.1) is 0 Å². The maximum atomic E-state index is 5.90. The lowest BCUT2D eigenvalue weighted by Crippen LogP contribution is -2.34. The summed E-state index contributed by atoms with van der Waals surface area (Å²) in [5, 5.41) is 15.7. The third-order valence-corrected chi connectivity index (χ3v) is 2.87. The van der Waals surface area contributed by atoms with Crippen LogP contribution in [-0.4, -0.2) is 39.9 Å². The molecule has 0 aliphatic rings. The lowest BCUT2D eigenvalue weighted by Gasteiger charge is -2.15. The Morgan fingerprint density at radius 2 is 2.32 bits per heavy atom. The van der Waals surface area contributed by atoms with Crippen LogP contribution in [0.15, 0.2) is 24.3 Å². The Morgan fingerprint density at radius 1 is 1.47 bits per heavy atom. The average molecular weight is 282 g/mol. The molecule has 102 valence electrons. The predicted molar refractivity (Wildman–Crippen MR) is 72.3 cm³/mol. The Bertz CT molecular complexity index is 530. The second-order valence-electron chi connectivity index (χ2n) is 4.15. The SMILES string of the molecule is CNC(COc1cccc(Cl)c1)Cc1nnn(C)n1. The van der Waals surface area contributed by atoms with E-state index in [4.69, 9.17) is 16.3 Å². The lowest BCUT2D eigenvalue weighted by atomic mass is 10.2. The maximum Gasteiger partial charge on any atom is 0.176 e. The molecule has 0 spiro atoms. The van der Waals surface area contributed by atoms with Gasteiger partial charge in [-0.15, -0.1) is 10.2 Å². The molecule has 0 radical (unpaired) electrons. The van der Waals surface area contributed by atoms with Crippen LogP contribution >= 0.6 is 11.6 Å². The van der Waals surface area contributed by atoms with Gasteiger partial charge in [-0.2, -0.15) is 4.80 Å². The van der Waals surface area contributed by atoms with Gasteiger partial charge in [-0.3, -0.25) is 0 Å². The molecule has 1 atom stereocenters. The van der Waals surface area contributed by atoms with E-state index in [1.54, 1.807) is 13.1 Å². The standard InChI is InChI=1S/C12H16ClN5O/c1-14-10(7-12-15-17-18(2)16-12)8-19-11-5-3-4-9(13)6-11/h3-6,10,14H,7-8H2,1-2H3. The molecule has 0 saturated heterocycles. The van der Waals surface area contributed by atoms with E-state index < -0.39 is 0 Å². The molecule has 6 nitrogen and oxygen atoms in total. The fraction of sp³-hybridized carbons (Fsp3) is 0.417. The Kier molecular flexibility index (Phi) is 4.70. The van der Waals surface area contributed by atoms with Gasteiger partial charge in [0.25, 0.3) is 0 Å². The lowest BCUT2D eigenvalue weighted by molar-refractivity contribution is 0.268. The number of halogens is 1. The summed E-state index contributed by atoms with van der Waals surface area (Å²) in [6.07, 6.45) is 0.658. The highest BCUT2D eigenvalue weighted by atomic mass is 35.5. The second kappa shape index (κ2) is 6.49. The number of likely N-dealkylation sites (N-methyl/N-ethyl adjacent to an activating group) is 1. The van der Waals surface area contributed by atoms with E-state index in [9.17, 15) is 0 Å². The first-order chi connectivity index (χ1) is 9.17. The highest BCUT2D eigenvalue weighted by Crippen LogP contribution is 2.17. The summed E-state index contributed by atoms with van der Waals surface area (Å²) in [5.74, 6) is 1.44. The molecule has 2 aromatic rings. The first kappa shape index (κ1) is 13.8. The van der Waals surface area contributed by atoms with Crippen molar-refractivity contribution >= 4 is 11.6 Å². The Morgan fingerprint density at radius 3 is 2.95 bits per heavy atom. The molecule has 0 aliphatic heterocycles. The van der Waals surface area contributed by atoms with Crippen molar-refractivity contribution in [3.63, 3.8) is 0 Å². The van der Waals surface area contributed by atoms with E-state index in [0.29, 0.717) is 23.9 Å². The molecule has 0 bridgehead atoms. The number of nitrogens with zero attached hydrogens (tertiary/aromatic N) is 4. The molecule has 2 rings (SSSR count). The van der Waals surface area contributed by atoms with E-state index in [1.165, 1.54) is 4.80 Å². The number of nitrogens with one attached hydrogen (secondary N) is 1. The minimum absolute atomic E-state index is 0.114. The fourth-order valence-electron chi connectivity index (χ4n) is 1.62. The zero-order valence-corrected chi connectivity index (χ0v) is 11.6. The van der Waals surface area contributed by atoms with Crippen molar-refractivity contribution in [2.24, 2.45) is 7.05 Å². The van der Waals surface area contributed by atoms with Crippen molar-refractivity contribution in [3.05, 3.63) is 35.1 Å². The Balaban J connectivity index is 1.89. The third kappa shape index (κ3) is 4.18. The highest BCUT2D eigenvalue weighted by Gasteiger charge is 2.12. The molecule has 0 aliphatic carbocycles. The molecular formula is C12H16ClN5O. The third-order valence-electron chi connectivity index (χ3n) is 2.63. The molecule has 19 heavy (non-hydrogen) atoms. The van der Waals surface area contributed by atoms with Crippen LogP contribution in [0.4, 0.5) is 0 Å². The molecule has 1 N–H and O–H groups in total. The summed E-state index contributed by atoms with van der Waals surface area (Å²) in [5.41, 5.74) is 0. The largest absolute Gasteiger partial charge is 0.492 e. The number of benzene rings is 1. The first-order valence-electron chi connectivity index (χ1n) is 5.96. The van der Waals surface area contributed by atoms with Crippen molar-refractivity contribution < 1.29 is 4.74 Å². The minimum Gasteiger partial charge on any atom is -0.492 e. The summed E-state index contributed by atoms with van der Waals surface area (Å²) in [7, 11) is 3.62. The summed E-state index contributed by atoms with van der Waals surface area (Å²) in [6, 6.07) is 7.45. The smallest absolute Gasteiger partial charge is 0.176 e. The number of tetrazole rings is 1. The van der Waals surface area contributed by atoms with Crippen LogP contribution < -0.4 is 10.1 Å². The van der Waals surface area contributed by atoms with Crippen molar-refractivity contribution in [1.82, 2.24) is 25.5 Å². The molecule has 1 aromatic carbocycles. The molecule has 0 amide bonds. The fourth-order valence-corrected chi connectivity index (χ4v) is 1.80. The molecule has 1 unspecified atom stereocenters. The quantitative estimate of drug-likeness (QED) is 0.858. The number of rotatable bonds is 6. The Labute approximate surface area is 116 Å². The normalized spacial score (nSPS) is 12.4. The van der Waals surface area contributed by atoms with Crippen molar-refractivity contribution in [1.29, 1.82) is 0 Å². The topological polar surface area (TPSA) is 64.9 Å². The minimum atomic E-state index is 0.114. The van der Waals surface area contributed by atoms with Gasteiger partial charge in [-0.25, -0.2) is 0 Å². The van der Waals surface area contributed by atoms with Crippen molar-refractivity contribution in [2.75, 3.05) is 13.7 Å². The summed E-state index contributed by atoms with van der Waals surface area (Å²) in [4.78, 5) is 1.44. The zero-order chi connectivity index (χ0) is 13.7. The second-order valence-corrected chi connectivity index (χ2v) is 4.59. The van der Waals surface area contributed by atoms with E-state index in [1.807, 2.05) is 25.2 Å². The van der Waals surface area contributed by atoms with Gasteiger partial charge in [0.2, 0.25) is 0 Å². The van der Waals surface area contributed by atoms with E-state index in [-0.39, 0.29) is 6.04 Å². The molecule has 7 heteroatoms. The number of hydrogen-bond acceptors (Lipinski definition) is 5. The van der Waals surface area contributed by atoms with Crippen molar-refractivity contribution in [2.45, 2.75) is 12.5 Å². The van der Waals surface area contributed by atoms with Crippen LogP contribution in [-0.2, 0) is 13.5 Å². The van der Waals surface area contributed by atoms with Gasteiger partial charge in [0.1, 0.15) is 12.4 Å². The molecule has 0 saturated carbocycles. The Hall–Kier alpha value is -1.66. The van der Waals surface area contributed by atoms with Gasteiger partial charge in [-0.1, -0.05) is 17.7 Å². The number of aromatic nitrogens is 4. The van der Waals surface area contributed by atoms with Gasteiger partial charge >= 0.3 is 0 Å². The van der Waals surface area contributed by atoms with E-state index >= 15 is 0 Å². The van der Waals surface area contributed by atoms with Gasteiger partial charge in [0.05, 0.1) is 7.05 Å². The number of ether oxygens (including phenoxy) is 1. The maximum absolute atomic E-state index is 5.90. The van der Waals surface area contributed by atoms with Crippen LogP contribution in [0.5, 0.6) is 5.75 Å². The van der Waals surface area contributed by atoms with Gasteiger partial charge < -0.3 is 10.1 Å². The summed E-state index contributed by atoms with van der Waals surface area (Å²) < 4.78 is 5.69. The van der Waals surface area contributed by atoms with Crippen LogP contribution in [0.25, 0.3) is 0 Å². The molecule has 1 aromatic heterocycles. The van der Waals surface area contributed by atoms with Gasteiger partial charge in [0.15, 0.2) is 5.82 Å². The number of aryl methyl sites for hydroxylation is 1. The predicted octanol–water partition coefficient (Wildman–Crippen LogP) is 1.07. The molecular weight excluding hydrogens is 266 g/mol. The summed E-state index contributed by atoms with van der Waals surface area (Å²) >= 11 is 5.90. The first-order valence-corrected chi connectivity index (χ1v) is 6.33. The average Bonchev–Trinajstić information content (AvgIpc) is 2.80. The van der Waals surface area contributed by atoms with Crippen LogP contribution in [0.3, 0.4) is 0 Å². The van der Waals surface area contributed by atoms with Gasteiger partial charge in [0, 0.05) is 17.5 Å². The van der Waals surface area contributed by atoms with Crippen LogP contribution in [0.2, 0.25) is 5.02 Å². The van der Waals surface area contributed by atoms with Gasteiger partial charge in [-0.05, 0) is 30.5 Å². The zero-order valence-electron chi connectivity index (χ0n) is 10.9. The van der Waals surface area contributed by atoms with E-state index in [2.05, 4.69) is 20.7 Å². The van der Waals surface area contributed by atoms with E-state index in [0.717, 1.165) is 5.75 Å². The number of hydrogen-bond donors (Lipinski definition) is 1. The monoisotopic (exact) mass is 281 g/mol. The van der Waals surface area contributed by atoms with Crippen LogP contribution in [0.1, 0.15) is 5.82 Å². The van der Waals surface area contributed by atoms with Crippen molar-refractivity contribution in [3.8, 4) is 5.75 Å². The highest BCUT2D eigenvalue weighted by molar-refractivity contribution is 6.30.